The number of ether oxygens (including phenoxy) is 2. The van der Waals surface area contributed by atoms with Crippen LogP contribution in [-0.4, -0.2) is 29.5 Å². The summed E-state index contributed by atoms with van der Waals surface area (Å²) in [6.07, 6.45) is 0. The van der Waals surface area contributed by atoms with Crippen molar-refractivity contribution in [1.82, 2.24) is 15.5 Å². The van der Waals surface area contributed by atoms with Gasteiger partial charge in [0.25, 0.3) is 0 Å². The molecule has 0 aliphatic rings. The molecule has 0 saturated heterocycles. The summed E-state index contributed by atoms with van der Waals surface area (Å²) in [4.78, 5) is 0. The second-order valence-electron chi connectivity index (χ2n) is 5.27. The molecule has 114 valence electrons. The molecule has 1 aromatic carbocycles. The fourth-order valence-corrected chi connectivity index (χ4v) is 1.80. The van der Waals surface area contributed by atoms with Crippen LogP contribution in [0.5, 0.6) is 11.6 Å². The topological polar surface area (TPSA) is 59.2 Å². The lowest BCUT2D eigenvalue weighted by molar-refractivity contribution is 0.212. The van der Waals surface area contributed by atoms with Crippen molar-refractivity contribution in [3.63, 3.8) is 0 Å². The minimum absolute atomic E-state index is 0.473. The van der Waals surface area contributed by atoms with E-state index in [1.54, 1.807) is 0 Å². The van der Waals surface area contributed by atoms with Crippen LogP contribution in [0.25, 0.3) is 0 Å². The Hall–Kier alpha value is -2.01. The Balaban J connectivity index is 1.68. The van der Waals surface area contributed by atoms with E-state index in [9.17, 15) is 0 Å². The highest BCUT2D eigenvalue weighted by Gasteiger charge is 2.00. The SMILES string of the molecule is Cc1cc(OCCOc2ccc(CNC(C)C)cc2)n[nH]1. The van der Waals surface area contributed by atoms with Gasteiger partial charge in [0.05, 0.1) is 0 Å². The first kappa shape index (κ1) is 15.4. The molecular formula is C16H23N3O2. The van der Waals surface area contributed by atoms with Crippen LogP contribution in [0.1, 0.15) is 25.1 Å². The summed E-state index contributed by atoms with van der Waals surface area (Å²) in [5.41, 5.74) is 2.23. The third kappa shape index (κ3) is 5.47. The Kier molecular flexibility index (Phi) is 5.63. The summed E-state index contributed by atoms with van der Waals surface area (Å²) in [5.74, 6) is 1.45. The zero-order valence-corrected chi connectivity index (χ0v) is 12.8. The monoisotopic (exact) mass is 289 g/mol. The number of aromatic nitrogens is 2. The Labute approximate surface area is 125 Å². The van der Waals surface area contributed by atoms with E-state index in [1.165, 1.54) is 5.56 Å². The molecule has 0 aliphatic heterocycles. The molecular weight excluding hydrogens is 266 g/mol. The van der Waals surface area contributed by atoms with Crippen LogP contribution in [0.4, 0.5) is 0 Å². The van der Waals surface area contributed by atoms with E-state index >= 15 is 0 Å². The predicted molar refractivity (Wildman–Crippen MR) is 82.7 cm³/mol. The largest absolute Gasteiger partial charge is 0.490 e. The molecule has 0 amide bonds. The van der Waals surface area contributed by atoms with Crippen molar-refractivity contribution in [1.29, 1.82) is 0 Å². The van der Waals surface area contributed by atoms with E-state index in [4.69, 9.17) is 9.47 Å². The molecule has 2 rings (SSSR count). The standard InChI is InChI=1S/C16H23N3O2/c1-12(2)17-11-14-4-6-15(7-5-14)20-8-9-21-16-10-13(3)18-19-16/h4-7,10,12,17H,8-9,11H2,1-3H3,(H,18,19). The quantitative estimate of drug-likeness (QED) is 0.734. The van der Waals surface area contributed by atoms with Crippen molar-refractivity contribution < 1.29 is 9.47 Å². The van der Waals surface area contributed by atoms with Gasteiger partial charge in [0.1, 0.15) is 19.0 Å². The van der Waals surface area contributed by atoms with Crippen molar-refractivity contribution in [3.8, 4) is 11.6 Å². The Morgan fingerprint density at radius 1 is 1.14 bits per heavy atom. The molecule has 0 atom stereocenters. The summed E-state index contributed by atoms with van der Waals surface area (Å²) in [7, 11) is 0. The number of aryl methyl sites for hydroxylation is 1. The lowest BCUT2D eigenvalue weighted by atomic mass is 10.2. The number of aromatic amines is 1. The van der Waals surface area contributed by atoms with E-state index in [1.807, 2.05) is 25.1 Å². The van der Waals surface area contributed by atoms with Gasteiger partial charge >= 0.3 is 0 Å². The van der Waals surface area contributed by atoms with E-state index in [-0.39, 0.29) is 0 Å². The molecule has 0 fully saturated rings. The van der Waals surface area contributed by atoms with Crippen molar-refractivity contribution in [2.45, 2.75) is 33.4 Å². The van der Waals surface area contributed by atoms with Gasteiger partial charge in [-0.25, -0.2) is 0 Å². The maximum atomic E-state index is 5.63. The molecule has 2 N–H and O–H groups in total. The van der Waals surface area contributed by atoms with Gasteiger partial charge in [0.2, 0.25) is 5.88 Å². The van der Waals surface area contributed by atoms with E-state index in [0.29, 0.717) is 25.1 Å². The molecule has 5 heteroatoms. The lowest BCUT2D eigenvalue weighted by Crippen LogP contribution is -2.21. The number of H-pyrrole nitrogens is 1. The number of benzene rings is 1. The first-order chi connectivity index (χ1) is 10.1. The zero-order chi connectivity index (χ0) is 15.1. The van der Waals surface area contributed by atoms with Crippen LogP contribution in [0, 0.1) is 6.92 Å². The maximum absolute atomic E-state index is 5.63. The summed E-state index contributed by atoms with van der Waals surface area (Å²) < 4.78 is 11.1. The first-order valence-corrected chi connectivity index (χ1v) is 7.23. The third-order valence-electron chi connectivity index (χ3n) is 2.92. The van der Waals surface area contributed by atoms with Crippen molar-refractivity contribution >= 4 is 0 Å². The number of nitrogens with zero attached hydrogens (tertiary/aromatic N) is 1. The second-order valence-corrected chi connectivity index (χ2v) is 5.27. The molecule has 1 heterocycles. The first-order valence-electron chi connectivity index (χ1n) is 7.23. The van der Waals surface area contributed by atoms with Gasteiger partial charge in [-0.2, -0.15) is 0 Å². The zero-order valence-electron chi connectivity index (χ0n) is 12.8. The predicted octanol–water partition coefficient (Wildman–Crippen LogP) is 2.67. The average Bonchev–Trinajstić information content (AvgIpc) is 2.88. The fourth-order valence-electron chi connectivity index (χ4n) is 1.80. The van der Waals surface area contributed by atoms with Crippen LogP contribution in [0.2, 0.25) is 0 Å². The molecule has 5 nitrogen and oxygen atoms in total. The normalized spacial score (nSPS) is 10.9. The van der Waals surface area contributed by atoms with Crippen LogP contribution >= 0.6 is 0 Å². The van der Waals surface area contributed by atoms with E-state index in [0.717, 1.165) is 18.0 Å². The molecule has 0 unspecified atom stereocenters. The number of hydrogen-bond donors (Lipinski definition) is 2. The van der Waals surface area contributed by atoms with E-state index in [2.05, 4.69) is 41.5 Å². The number of rotatable bonds is 8. The van der Waals surface area contributed by atoms with Gasteiger partial charge in [-0.05, 0) is 24.6 Å². The molecule has 0 spiro atoms. The van der Waals surface area contributed by atoms with Crippen molar-refractivity contribution in [3.05, 3.63) is 41.6 Å². The minimum Gasteiger partial charge on any atom is -0.490 e. The highest BCUT2D eigenvalue weighted by atomic mass is 16.5. The molecule has 0 bridgehead atoms. The summed E-state index contributed by atoms with van der Waals surface area (Å²) >= 11 is 0. The number of nitrogens with one attached hydrogen (secondary N) is 2. The van der Waals surface area contributed by atoms with Crippen molar-refractivity contribution in [2.75, 3.05) is 13.2 Å². The Bertz CT molecular complexity index is 535. The Morgan fingerprint density at radius 3 is 2.48 bits per heavy atom. The van der Waals surface area contributed by atoms with Crippen LogP contribution in [-0.2, 0) is 6.54 Å². The summed E-state index contributed by atoms with van der Waals surface area (Å²) in [6, 6.07) is 10.5. The second kappa shape index (κ2) is 7.69. The molecule has 2 aromatic rings. The highest BCUT2D eigenvalue weighted by Crippen LogP contribution is 2.12. The third-order valence-corrected chi connectivity index (χ3v) is 2.92. The number of hydrogen-bond acceptors (Lipinski definition) is 4. The van der Waals surface area contributed by atoms with Gasteiger partial charge in [0, 0.05) is 24.3 Å². The van der Waals surface area contributed by atoms with E-state index < -0.39 is 0 Å². The molecule has 21 heavy (non-hydrogen) atoms. The molecule has 1 aromatic heterocycles. The molecule has 0 saturated carbocycles. The van der Waals surface area contributed by atoms with Gasteiger partial charge < -0.3 is 14.8 Å². The highest BCUT2D eigenvalue weighted by molar-refractivity contribution is 5.27. The van der Waals surface area contributed by atoms with Crippen LogP contribution in [0.15, 0.2) is 30.3 Å². The fraction of sp³-hybridized carbons (Fsp3) is 0.438. The Morgan fingerprint density at radius 2 is 1.86 bits per heavy atom. The van der Waals surface area contributed by atoms with Gasteiger partial charge in [-0.3, -0.25) is 5.10 Å². The van der Waals surface area contributed by atoms with Gasteiger partial charge in [-0.15, -0.1) is 5.10 Å². The average molecular weight is 289 g/mol. The minimum atomic E-state index is 0.473. The van der Waals surface area contributed by atoms with Crippen LogP contribution in [0.3, 0.4) is 0 Å². The maximum Gasteiger partial charge on any atom is 0.232 e. The van der Waals surface area contributed by atoms with Gasteiger partial charge in [0.15, 0.2) is 0 Å². The lowest BCUT2D eigenvalue weighted by Gasteiger charge is -2.09. The smallest absolute Gasteiger partial charge is 0.232 e. The molecule has 0 radical (unpaired) electrons. The summed E-state index contributed by atoms with van der Waals surface area (Å²) in [6.45, 7) is 8.05. The van der Waals surface area contributed by atoms with Crippen LogP contribution < -0.4 is 14.8 Å². The van der Waals surface area contributed by atoms with Crippen molar-refractivity contribution in [2.24, 2.45) is 0 Å². The summed E-state index contributed by atoms with van der Waals surface area (Å²) in [5, 5.41) is 10.2. The molecule has 0 aliphatic carbocycles. The van der Waals surface area contributed by atoms with Gasteiger partial charge in [-0.1, -0.05) is 26.0 Å².